The number of hydrogen-bond donors (Lipinski definition) is 2. The molecule has 1 heterocycles. The molecule has 0 amide bonds. The van der Waals surface area contributed by atoms with Crippen LogP contribution in [0, 0.1) is 13.8 Å². The molecule has 0 aliphatic rings. The first kappa shape index (κ1) is 10.7. The SMILES string of the molecule is Cc1cc(CNC[C@H](C)O)sc1C. The Labute approximate surface area is 83.6 Å². The minimum atomic E-state index is -0.262. The van der Waals surface area contributed by atoms with Gasteiger partial charge in [0.05, 0.1) is 6.10 Å². The summed E-state index contributed by atoms with van der Waals surface area (Å²) in [6, 6.07) is 2.20. The highest BCUT2D eigenvalue weighted by atomic mass is 32.1. The molecule has 1 rings (SSSR count). The predicted molar refractivity (Wildman–Crippen MR) is 57.2 cm³/mol. The topological polar surface area (TPSA) is 32.3 Å². The minimum absolute atomic E-state index is 0.262. The summed E-state index contributed by atoms with van der Waals surface area (Å²) in [7, 11) is 0. The molecular formula is C10H17NOS. The Morgan fingerprint density at radius 3 is 2.69 bits per heavy atom. The summed E-state index contributed by atoms with van der Waals surface area (Å²) in [6.45, 7) is 7.58. The highest BCUT2D eigenvalue weighted by molar-refractivity contribution is 7.12. The maximum Gasteiger partial charge on any atom is 0.0636 e. The van der Waals surface area contributed by atoms with Crippen LogP contribution in [0.4, 0.5) is 0 Å². The second kappa shape index (κ2) is 4.74. The van der Waals surface area contributed by atoms with Gasteiger partial charge in [0.2, 0.25) is 0 Å². The van der Waals surface area contributed by atoms with Crippen molar-refractivity contribution >= 4 is 11.3 Å². The molecule has 0 bridgehead atoms. The van der Waals surface area contributed by atoms with E-state index in [0.717, 1.165) is 6.54 Å². The lowest BCUT2D eigenvalue weighted by Gasteiger charge is -2.04. The number of aliphatic hydroxyl groups excluding tert-OH is 1. The van der Waals surface area contributed by atoms with Gasteiger partial charge in [-0.15, -0.1) is 11.3 Å². The van der Waals surface area contributed by atoms with Crippen LogP contribution in [0.15, 0.2) is 6.07 Å². The average Bonchev–Trinajstić information content (AvgIpc) is 2.30. The highest BCUT2D eigenvalue weighted by Crippen LogP contribution is 2.19. The van der Waals surface area contributed by atoms with E-state index in [-0.39, 0.29) is 6.10 Å². The molecule has 1 aromatic rings. The van der Waals surface area contributed by atoms with Gasteiger partial charge >= 0.3 is 0 Å². The van der Waals surface area contributed by atoms with E-state index in [4.69, 9.17) is 5.11 Å². The van der Waals surface area contributed by atoms with Crippen LogP contribution >= 0.6 is 11.3 Å². The molecule has 0 unspecified atom stereocenters. The van der Waals surface area contributed by atoms with Crippen molar-refractivity contribution in [2.75, 3.05) is 6.54 Å². The molecule has 0 fully saturated rings. The number of hydrogen-bond acceptors (Lipinski definition) is 3. The smallest absolute Gasteiger partial charge is 0.0636 e. The van der Waals surface area contributed by atoms with Gasteiger partial charge in [0, 0.05) is 22.8 Å². The van der Waals surface area contributed by atoms with Crippen molar-refractivity contribution in [1.82, 2.24) is 5.32 Å². The van der Waals surface area contributed by atoms with E-state index < -0.39 is 0 Å². The number of rotatable bonds is 4. The first-order valence-corrected chi connectivity index (χ1v) is 5.36. The van der Waals surface area contributed by atoms with E-state index in [1.54, 1.807) is 6.92 Å². The quantitative estimate of drug-likeness (QED) is 0.775. The summed E-state index contributed by atoms with van der Waals surface area (Å²) in [5.41, 5.74) is 1.36. The molecule has 13 heavy (non-hydrogen) atoms. The van der Waals surface area contributed by atoms with Crippen molar-refractivity contribution in [3.05, 3.63) is 21.4 Å². The van der Waals surface area contributed by atoms with Crippen LogP contribution in [0.3, 0.4) is 0 Å². The Bertz CT molecular complexity index is 248. The number of nitrogens with one attached hydrogen (secondary N) is 1. The molecule has 0 saturated carbocycles. The Morgan fingerprint density at radius 1 is 1.54 bits per heavy atom. The summed E-state index contributed by atoms with van der Waals surface area (Å²) in [5.74, 6) is 0. The van der Waals surface area contributed by atoms with Crippen molar-refractivity contribution in [3.63, 3.8) is 0 Å². The fourth-order valence-corrected chi connectivity index (χ4v) is 2.16. The van der Waals surface area contributed by atoms with Crippen molar-refractivity contribution in [2.24, 2.45) is 0 Å². The highest BCUT2D eigenvalue weighted by Gasteiger charge is 2.01. The molecule has 2 nitrogen and oxygen atoms in total. The predicted octanol–water partition coefficient (Wildman–Crippen LogP) is 1.84. The Kier molecular flexibility index (Phi) is 3.90. The van der Waals surface area contributed by atoms with Crippen LogP contribution < -0.4 is 5.32 Å². The third-order valence-electron chi connectivity index (χ3n) is 1.96. The van der Waals surface area contributed by atoms with E-state index in [0.29, 0.717) is 6.54 Å². The van der Waals surface area contributed by atoms with Gasteiger partial charge in [0.1, 0.15) is 0 Å². The lowest BCUT2D eigenvalue weighted by Crippen LogP contribution is -2.23. The zero-order valence-electron chi connectivity index (χ0n) is 8.42. The fourth-order valence-electron chi connectivity index (χ4n) is 1.14. The monoisotopic (exact) mass is 199 g/mol. The summed E-state index contributed by atoms with van der Waals surface area (Å²) in [5, 5.41) is 12.2. The Hall–Kier alpha value is -0.380. The van der Waals surface area contributed by atoms with E-state index in [1.165, 1.54) is 15.3 Å². The Balaban J connectivity index is 2.37. The zero-order valence-corrected chi connectivity index (χ0v) is 9.24. The van der Waals surface area contributed by atoms with Crippen molar-refractivity contribution in [2.45, 2.75) is 33.4 Å². The minimum Gasteiger partial charge on any atom is -0.392 e. The van der Waals surface area contributed by atoms with Crippen molar-refractivity contribution in [3.8, 4) is 0 Å². The summed E-state index contributed by atoms with van der Waals surface area (Å²) < 4.78 is 0. The molecule has 0 aliphatic carbocycles. The van der Waals surface area contributed by atoms with Crippen LogP contribution in [0.2, 0.25) is 0 Å². The first-order valence-electron chi connectivity index (χ1n) is 4.54. The molecule has 74 valence electrons. The number of aliphatic hydroxyl groups is 1. The van der Waals surface area contributed by atoms with Gasteiger partial charge < -0.3 is 10.4 Å². The molecule has 0 aromatic carbocycles. The molecule has 0 aliphatic heterocycles. The summed E-state index contributed by atoms with van der Waals surface area (Å²) in [6.07, 6.45) is -0.262. The molecule has 0 radical (unpaired) electrons. The van der Waals surface area contributed by atoms with Gasteiger partial charge in [0.15, 0.2) is 0 Å². The molecule has 1 aromatic heterocycles. The maximum atomic E-state index is 9.03. The second-order valence-electron chi connectivity index (χ2n) is 3.43. The lowest BCUT2D eigenvalue weighted by atomic mass is 10.3. The van der Waals surface area contributed by atoms with Gasteiger partial charge in [0.25, 0.3) is 0 Å². The Morgan fingerprint density at radius 2 is 2.23 bits per heavy atom. The van der Waals surface area contributed by atoms with Crippen LogP contribution in [-0.2, 0) is 6.54 Å². The molecule has 0 spiro atoms. The van der Waals surface area contributed by atoms with Crippen LogP contribution in [0.1, 0.15) is 22.2 Å². The standard InChI is InChI=1S/C10H17NOS/c1-7-4-10(13-9(7)3)6-11-5-8(2)12/h4,8,11-12H,5-6H2,1-3H3/t8-/m0/s1. The molecule has 0 saturated heterocycles. The largest absolute Gasteiger partial charge is 0.392 e. The maximum absolute atomic E-state index is 9.03. The molecular weight excluding hydrogens is 182 g/mol. The van der Waals surface area contributed by atoms with Crippen molar-refractivity contribution < 1.29 is 5.11 Å². The van der Waals surface area contributed by atoms with Crippen LogP contribution in [0.5, 0.6) is 0 Å². The van der Waals surface area contributed by atoms with Crippen LogP contribution in [-0.4, -0.2) is 17.8 Å². The van der Waals surface area contributed by atoms with Gasteiger partial charge in [-0.2, -0.15) is 0 Å². The normalized spacial score (nSPS) is 13.2. The van der Waals surface area contributed by atoms with E-state index >= 15 is 0 Å². The zero-order chi connectivity index (χ0) is 9.84. The van der Waals surface area contributed by atoms with Gasteiger partial charge in [-0.05, 0) is 32.4 Å². The van der Waals surface area contributed by atoms with E-state index in [9.17, 15) is 0 Å². The number of aryl methyl sites for hydroxylation is 2. The van der Waals surface area contributed by atoms with Crippen LogP contribution in [0.25, 0.3) is 0 Å². The fraction of sp³-hybridized carbons (Fsp3) is 0.600. The number of thiophene rings is 1. The third kappa shape index (κ3) is 3.46. The van der Waals surface area contributed by atoms with Gasteiger partial charge in [-0.1, -0.05) is 0 Å². The second-order valence-corrected chi connectivity index (χ2v) is 4.77. The average molecular weight is 199 g/mol. The van der Waals surface area contributed by atoms with E-state index in [2.05, 4.69) is 25.2 Å². The van der Waals surface area contributed by atoms with Crippen molar-refractivity contribution in [1.29, 1.82) is 0 Å². The summed E-state index contributed by atoms with van der Waals surface area (Å²) in [4.78, 5) is 2.73. The first-order chi connectivity index (χ1) is 6.09. The van der Waals surface area contributed by atoms with Gasteiger partial charge in [-0.25, -0.2) is 0 Å². The molecule has 2 N–H and O–H groups in total. The molecule has 3 heteroatoms. The summed E-state index contributed by atoms with van der Waals surface area (Å²) >= 11 is 1.82. The van der Waals surface area contributed by atoms with E-state index in [1.807, 2.05) is 11.3 Å². The van der Waals surface area contributed by atoms with Gasteiger partial charge in [-0.3, -0.25) is 0 Å². The third-order valence-corrected chi connectivity index (χ3v) is 3.11. The molecule has 1 atom stereocenters. The lowest BCUT2D eigenvalue weighted by molar-refractivity contribution is 0.191.